The molecule has 0 bridgehead atoms. The maximum absolute atomic E-state index is 13.7. The first-order valence-corrected chi connectivity index (χ1v) is 12.2. The van der Waals surface area contributed by atoms with Crippen molar-refractivity contribution < 1.29 is 23.8 Å². The van der Waals surface area contributed by atoms with Crippen LogP contribution in [-0.4, -0.2) is 49.1 Å². The van der Waals surface area contributed by atoms with Crippen LogP contribution < -0.4 is 19.5 Å². The average molecular weight is 505 g/mol. The Morgan fingerprint density at radius 2 is 1.32 bits per heavy atom. The molecule has 0 aliphatic carbocycles. The van der Waals surface area contributed by atoms with Crippen LogP contribution in [0.2, 0.25) is 0 Å². The topological polar surface area (TPSA) is 77.1 Å². The highest BCUT2D eigenvalue weighted by Gasteiger charge is 2.32. The van der Waals surface area contributed by atoms with E-state index in [1.54, 1.807) is 37.3 Å². The van der Waals surface area contributed by atoms with E-state index in [2.05, 4.69) is 5.32 Å². The lowest BCUT2D eigenvalue weighted by Gasteiger charge is -2.33. The summed E-state index contributed by atoms with van der Waals surface area (Å²) >= 11 is 0. The minimum Gasteiger partial charge on any atom is -0.496 e. The van der Waals surface area contributed by atoms with Crippen LogP contribution in [0.25, 0.3) is 0 Å². The number of methoxy groups -OCH3 is 2. The number of benzene rings is 3. The summed E-state index contributed by atoms with van der Waals surface area (Å²) in [5.41, 5.74) is 1.42. The lowest BCUT2D eigenvalue weighted by molar-refractivity contribution is -0.143. The van der Waals surface area contributed by atoms with Gasteiger partial charge in [0.05, 0.1) is 14.2 Å². The lowest BCUT2D eigenvalue weighted by Crippen LogP contribution is -2.55. The lowest BCUT2D eigenvalue weighted by atomic mass is 10.0. The number of nitrogens with zero attached hydrogens (tertiary/aromatic N) is 1. The molecule has 0 heterocycles. The van der Waals surface area contributed by atoms with Crippen molar-refractivity contribution >= 4 is 11.8 Å². The second kappa shape index (κ2) is 12.8. The number of ether oxygens (including phenoxy) is 3. The molecule has 0 saturated carbocycles. The highest BCUT2D eigenvalue weighted by atomic mass is 16.5. The fraction of sp³-hybridized carbons (Fsp3) is 0.333. The molecule has 1 N–H and O–H groups in total. The van der Waals surface area contributed by atoms with Crippen molar-refractivity contribution in [1.82, 2.24) is 10.2 Å². The molecule has 0 aromatic heterocycles. The first kappa shape index (κ1) is 27.6. The van der Waals surface area contributed by atoms with Crippen molar-refractivity contribution in [1.29, 1.82) is 0 Å². The summed E-state index contributed by atoms with van der Waals surface area (Å²) in [6.45, 7) is 5.78. The minimum atomic E-state index is -0.738. The van der Waals surface area contributed by atoms with Gasteiger partial charge in [-0.25, -0.2) is 0 Å². The van der Waals surface area contributed by atoms with E-state index in [1.807, 2.05) is 81.4 Å². The zero-order chi connectivity index (χ0) is 26.8. The predicted molar refractivity (Wildman–Crippen MR) is 144 cm³/mol. The summed E-state index contributed by atoms with van der Waals surface area (Å²) in [6.07, 6.45) is 0.369. The van der Waals surface area contributed by atoms with Gasteiger partial charge in [-0.05, 0) is 31.9 Å². The molecule has 196 valence electrons. The Labute approximate surface area is 219 Å². The number of rotatable bonds is 11. The molecule has 0 unspecified atom stereocenters. The second-order valence-electron chi connectivity index (χ2n) is 9.79. The van der Waals surface area contributed by atoms with Crippen LogP contribution in [0.1, 0.15) is 31.9 Å². The fourth-order valence-electron chi connectivity index (χ4n) is 3.88. The Morgan fingerprint density at radius 3 is 1.84 bits per heavy atom. The van der Waals surface area contributed by atoms with Gasteiger partial charge in [-0.2, -0.15) is 0 Å². The number of hydrogen-bond donors (Lipinski definition) is 1. The monoisotopic (exact) mass is 504 g/mol. The third-order valence-electron chi connectivity index (χ3n) is 5.65. The van der Waals surface area contributed by atoms with Crippen LogP contribution >= 0.6 is 0 Å². The van der Waals surface area contributed by atoms with Crippen molar-refractivity contribution in [2.45, 2.75) is 45.3 Å². The van der Waals surface area contributed by atoms with E-state index in [0.29, 0.717) is 23.7 Å². The van der Waals surface area contributed by atoms with Gasteiger partial charge in [0.2, 0.25) is 5.91 Å². The van der Waals surface area contributed by atoms with Gasteiger partial charge in [-0.1, -0.05) is 60.7 Å². The van der Waals surface area contributed by atoms with Crippen molar-refractivity contribution in [3.05, 3.63) is 90.0 Å². The van der Waals surface area contributed by atoms with Crippen LogP contribution in [0.3, 0.4) is 0 Å². The summed E-state index contributed by atoms with van der Waals surface area (Å²) in [7, 11) is 3.10. The van der Waals surface area contributed by atoms with E-state index >= 15 is 0 Å². The molecule has 0 aliphatic rings. The molecular formula is C30H36N2O5. The summed E-state index contributed by atoms with van der Waals surface area (Å²) in [6, 6.07) is 23.7. The Kier molecular flexibility index (Phi) is 9.55. The van der Waals surface area contributed by atoms with Crippen LogP contribution in [-0.2, 0) is 22.6 Å². The largest absolute Gasteiger partial charge is 0.496 e. The van der Waals surface area contributed by atoms with Gasteiger partial charge in [0.1, 0.15) is 23.3 Å². The van der Waals surface area contributed by atoms with Crippen molar-refractivity contribution in [2.75, 3.05) is 20.8 Å². The smallest absolute Gasteiger partial charge is 0.261 e. The summed E-state index contributed by atoms with van der Waals surface area (Å²) in [5.74, 6) is 1.01. The first-order valence-electron chi connectivity index (χ1n) is 12.2. The maximum atomic E-state index is 13.7. The SMILES string of the molecule is COc1cc(OC)cc(OCC(=O)N(Cc2ccccc2)[C@H](Cc2ccccc2)C(=O)NC(C)(C)C)c1. The second-order valence-corrected chi connectivity index (χ2v) is 9.79. The van der Waals surface area contributed by atoms with Gasteiger partial charge < -0.3 is 24.4 Å². The number of hydrogen-bond acceptors (Lipinski definition) is 5. The first-order chi connectivity index (χ1) is 17.7. The summed E-state index contributed by atoms with van der Waals surface area (Å²) in [4.78, 5) is 28.8. The molecule has 3 rings (SSSR count). The number of carbonyl (C=O) groups is 2. The Hall–Kier alpha value is -4.00. The molecule has 37 heavy (non-hydrogen) atoms. The van der Waals surface area contributed by atoms with Crippen LogP contribution in [0.4, 0.5) is 0 Å². The normalized spacial score (nSPS) is 11.8. The van der Waals surface area contributed by atoms with Gasteiger partial charge in [0.15, 0.2) is 6.61 Å². The van der Waals surface area contributed by atoms with Crippen molar-refractivity contribution in [3.8, 4) is 17.2 Å². The number of nitrogens with one attached hydrogen (secondary N) is 1. The summed E-state index contributed by atoms with van der Waals surface area (Å²) < 4.78 is 16.5. The molecule has 3 aromatic carbocycles. The number of amides is 2. The molecule has 0 radical (unpaired) electrons. The van der Waals surface area contributed by atoms with E-state index in [-0.39, 0.29) is 25.0 Å². The predicted octanol–water partition coefficient (Wildman–Crippen LogP) is 4.64. The van der Waals surface area contributed by atoms with E-state index in [4.69, 9.17) is 14.2 Å². The van der Waals surface area contributed by atoms with Gasteiger partial charge in [0, 0.05) is 36.7 Å². The third-order valence-corrected chi connectivity index (χ3v) is 5.65. The highest BCUT2D eigenvalue weighted by Crippen LogP contribution is 2.27. The third kappa shape index (κ3) is 8.56. The molecule has 3 aromatic rings. The van der Waals surface area contributed by atoms with Crippen molar-refractivity contribution in [3.63, 3.8) is 0 Å². The zero-order valence-electron chi connectivity index (χ0n) is 22.2. The zero-order valence-corrected chi connectivity index (χ0v) is 22.2. The molecule has 7 nitrogen and oxygen atoms in total. The maximum Gasteiger partial charge on any atom is 0.261 e. The fourth-order valence-corrected chi connectivity index (χ4v) is 3.88. The molecule has 1 atom stereocenters. The molecule has 0 aliphatic heterocycles. The highest BCUT2D eigenvalue weighted by molar-refractivity contribution is 5.89. The Bertz CT molecular complexity index is 1140. The van der Waals surface area contributed by atoms with Gasteiger partial charge >= 0.3 is 0 Å². The van der Waals surface area contributed by atoms with E-state index in [1.165, 1.54) is 0 Å². The molecule has 7 heteroatoms. The van der Waals surface area contributed by atoms with Crippen LogP contribution in [0.15, 0.2) is 78.9 Å². The van der Waals surface area contributed by atoms with E-state index in [9.17, 15) is 9.59 Å². The van der Waals surface area contributed by atoms with Gasteiger partial charge in [-0.3, -0.25) is 9.59 Å². The molecular weight excluding hydrogens is 468 g/mol. The Balaban J connectivity index is 1.92. The standard InChI is InChI=1S/C30H36N2O5/c1-30(2,3)31-29(34)27(16-22-12-8-6-9-13-22)32(20-23-14-10-7-11-15-23)28(33)21-37-26-18-24(35-4)17-25(19-26)36-5/h6-15,17-19,27H,16,20-21H2,1-5H3,(H,31,34)/t27-/m1/s1. The number of carbonyl (C=O) groups excluding carboxylic acids is 2. The van der Waals surface area contributed by atoms with Crippen LogP contribution in [0.5, 0.6) is 17.2 Å². The van der Waals surface area contributed by atoms with Gasteiger partial charge in [-0.15, -0.1) is 0 Å². The Morgan fingerprint density at radius 1 is 0.811 bits per heavy atom. The molecule has 0 fully saturated rings. The quantitative estimate of drug-likeness (QED) is 0.412. The molecule has 0 saturated heterocycles. The minimum absolute atomic E-state index is 0.219. The molecule has 0 spiro atoms. The van der Waals surface area contributed by atoms with E-state index < -0.39 is 11.6 Å². The van der Waals surface area contributed by atoms with E-state index in [0.717, 1.165) is 11.1 Å². The van der Waals surface area contributed by atoms with Crippen LogP contribution in [0, 0.1) is 0 Å². The summed E-state index contributed by atoms with van der Waals surface area (Å²) in [5, 5.41) is 3.06. The van der Waals surface area contributed by atoms with Gasteiger partial charge in [0.25, 0.3) is 5.91 Å². The molecule has 2 amide bonds. The van der Waals surface area contributed by atoms with Crippen molar-refractivity contribution in [2.24, 2.45) is 0 Å². The average Bonchev–Trinajstić information content (AvgIpc) is 2.89.